The first kappa shape index (κ1) is 14.4. The van der Waals surface area contributed by atoms with Crippen LogP contribution < -0.4 is 0 Å². The van der Waals surface area contributed by atoms with Crippen LogP contribution in [0.5, 0.6) is 5.75 Å². The van der Waals surface area contributed by atoms with Gasteiger partial charge in [0, 0.05) is 11.0 Å². The molecule has 1 aromatic carbocycles. The molecule has 2 rings (SSSR count). The Morgan fingerprint density at radius 1 is 1.37 bits per heavy atom. The smallest absolute Gasteiger partial charge is 0.304 e. The minimum atomic E-state index is -0.839. The number of hydrogen-bond donors (Lipinski definition) is 2. The molecule has 0 aromatic heterocycles. The average Bonchev–Trinajstić information content (AvgIpc) is 2.28. The van der Waals surface area contributed by atoms with E-state index in [9.17, 15) is 9.90 Å². The normalized spacial score (nSPS) is 15.1. The molecule has 1 aliphatic carbocycles. The molecule has 0 saturated heterocycles. The van der Waals surface area contributed by atoms with Crippen LogP contribution in [0.2, 0.25) is 0 Å². The molecule has 0 spiro atoms. The van der Waals surface area contributed by atoms with Gasteiger partial charge in [0.2, 0.25) is 0 Å². The number of phenolic OH excluding ortho intramolecular Hbond substituents is 1. The number of aliphatic carboxylic acids is 1. The molecule has 4 heteroatoms. The second-order valence-electron chi connectivity index (χ2n) is 5.88. The van der Waals surface area contributed by atoms with Crippen molar-refractivity contribution in [2.75, 3.05) is 0 Å². The van der Waals surface area contributed by atoms with Crippen LogP contribution in [0, 0.1) is 0 Å². The predicted octanol–water partition coefficient (Wildman–Crippen LogP) is 3.79. The Hall–Kier alpha value is -1.03. The van der Waals surface area contributed by atoms with Gasteiger partial charge in [-0.1, -0.05) is 13.8 Å². The Labute approximate surface area is 121 Å². The van der Waals surface area contributed by atoms with Crippen molar-refractivity contribution < 1.29 is 15.0 Å². The van der Waals surface area contributed by atoms with E-state index in [1.54, 1.807) is 0 Å². The highest BCUT2D eigenvalue weighted by Gasteiger charge is 2.32. The molecular weight excluding hydrogens is 308 g/mol. The van der Waals surface area contributed by atoms with Crippen molar-refractivity contribution >= 4 is 21.9 Å². The van der Waals surface area contributed by atoms with Gasteiger partial charge in [-0.2, -0.15) is 0 Å². The zero-order valence-electron chi connectivity index (χ0n) is 11.3. The summed E-state index contributed by atoms with van der Waals surface area (Å²) < 4.78 is 0.668. The minimum Gasteiger partial charge on any atom is -0.506 e. The van der Waals surface area contributed by atoms with E-state index in [0.717, 1.165) is 36.8 Å². The lowest BCUT2D eigenvalue weighted by Gasteiger charge is -2.31. The molecule has 0 amide bonds. The second-order valence-corrected chi connectivity index (χ2v) is 6.74. The minimum absolute atomic E-state index is 0.0173. The zero-order chi connectivity index (χ0) is 14.2. The van der Waals surface area contributed by atoms with E-state index in [2.05, 4.69) is 15.9 Å². The number of halogens is 1. The van der Waals surface area contributed by atoms with Gasteiger partial charge < -0.3 is 10.2 Å². The maximum absolute atomic E-state index is 11.1. The third-order valence-corrected chi connectivity index (χ3v) is 4.45. The maximum atomic E-state index is 11.1. The van der Waals surface area contributed by atoms with Crippen LogP contribution in [-0.2, 0) is 23.1 Å². The first-order chi connectivity index (χ1) is 8.83. The quantitative estimate of drug-likeness (QED) is 0.888. The molecule has 3 nitrogen and oxygen atoms in total. The standard InChI is InChI=1S/C15H19BrO3/c1-15(2,8-12(17)18)13-10-6-4-3-5-9(10)7-11(16)14(13)19/h7,19H,3-6,8H2,1-2H3,(H,17,18). The number of hydrogen-bond acceptors (Lipinski definition) is 2. The Kier molecular flexibility index (Phi) is 3.90. The molecule has 0 atom stereocenters. The van der Waals surface area contributed by atoms with Crippen molar-refractivity contribution in [3.05, 3.63) is 27.2 Å². The highest BCUT2D eigenvalue weighted by molar-refractivity contribution is 9.10. The summed E-state index contributed by atoms with van der Waals surface area (Å²) in [6.45, 7) is 3.77. The number of aryl methyl sites for hydroxylation is 1. The van der Waals surface area contributed by atoms with Crippen LogP contribution in [-0.4, -0.2) is 16.2 Å². The van der Waals surface area contributed by atoms with Crippen LogP contribution in [0.15, 0.2) is 10.5 Å². The zero-order valence-corrected chi connectivity index (χ0v) is 12.9. The maximum Gasteiger partial charge on any atom is 0.304 e. The Balaban J connectivity index is 2.60. The van der Waals surface area contributed by atoms with Gasteiger partial charge in [0.1, 0.15) is 5.75 Å². The molecule has 0 heterocycles. The fraction of sp³-hybridized carbons (Fsp3) is 0.533. The van der Waals surface area contributed by atoms with Crippen LogP contribution in [0.1, 0.15) is 49.8 Å². The van der Waals surface area contributed by atoms with E-state index >= 15 is 0 Å². The molecule has 19 heavy (non-hydrogen) atoms. The molecule has 1 aromatic rings. The molecule has 1 aliphatic rings. The highest BCUT2D eigenvalue weighted by Crippen LogP contribution is 2.44. The largest absolute Gasteiger partial charge is 0.506 e. The lowest BCUT2D eigenvalue weighted by Crippen LogP contribution is -2.25. The number of aromatic hydroxyl groups is 1. The van der Waals surface area contributed by atoms with E-state index in [-0.39, 0.29) is 12.2 Å². The lowest BCUT2D eigenvalue weighted by atomic mass is 9.74. The summed E-state index contributed by atoms with van der Waals surface area (Å²) in [5.74, 6) is -0.638. The molecule has 0 aliphatic heterocycles. The number of rotatable bonds is 3. The van der Waals surface area contributed by atoms with Gasteiger partial charge in [0.15, 0.2) is 0 Å². The number of fused-ring (bicyclic) bond motifs is 1. The van der Waals surface area contributed by atoms with E-state index in [4.69, 9.17) is 5.11 Å². The number of carbonyl (C=O) groups is 1. The molecular formula is C15H19BrO3. The number of phenols is 1. The topological polar surface area (TPSA) is 57.5 Å². The van der Waals surface area contributed by atoms with Crippen LogP contribution >= 0.6 is 15.9 Å². The van der Waals surface area contributed by atoms with Crippen LogP contribution in [0.25, 0.3) is 0 Å². The molecule has 0 radical (unpaired) electrons. The fourth-order valence-corrected chi connectivity index (χ4v) is 3.53. The molecule has 2 N–H and O–H groups in total. The average molecular weight is 327 g/mol. The first-order valence-electron chi connectivity index (χ1n) is 6.58. The van der Waals surface area contributed by atoms with E-state index in [0.29, 0.717) is 4.47 Å². The van der Waals surface area contributed by atoms with Crippen LogP contribution in [0.3, 0.4) is 0 Å². The van der Waals surface area contributed by atoms with Crippen molar-refractivity contribution in [2.45, 2.75) is 51.4 Å². The number of carboxylic acid groups (broad SMARTS) is 1. The third-order valence-electron chi connectivity index (χ3n) is 3.85. The van der Waals surface area contributed by atoms with Gasteiger partial charge in [-0.3, -0.25) is 4.79 Å². The van der Waals surface area contributed by atoms with Gasteiger partial charge in [-0.15, -0.1) is 0 Å². The fourth-order valence-electron chi connectivity index (χ4n) is 3.05. The van der Waals surface area contributed by atoms with Crippen molar-refractivity contribution in [1.29, 1.82) is 0 Å². The van der Waals surface area contributed by atoms with Crippen molar-refractivity contribution in [2.24, 2.45) is 0 Å². The molecule has 104 valence electrons. The monoisotopic (exact) mass is 326 g/mol. The second kappa shape index (κ2) is 5.16. The SMILES string of the molecule is CC(C)(CC(=O)O)c1c(O)c(Br)cc2c1CCCC2. The number of carboxylic acids is 1. The van der Waals surface area contributed by atoms with E-state index < -0.39 is 11.4 Å². The van der Waals surface area contributed by atoms with Crippen molar-refractivity contribution in [1.82, 2.24) is 0 Å². The molecule has 0 bridgehead atoms. The molecule has 0 fully saturated rings. The first-order valence-corrected chi connectivity index (χ1v) is 7.37. The Morgan fingerprint density at radius 3 is 2.63 bits per heavy atom. The van der Waals surface area contributed by atoms with Gasteiger partial charge in [-0.05, 0) is 58.8 Å². The summed E-state index contributed by atoms with van der Waals surface area (Å²) in [6.07, 6.45) is 4.20. The van der Waals surface area contributed by atoms with Crippen molar-refractivity contribution in [3.63, 3.8) is 0 Å². The summed E-state index contributed by atoms with van der Waals surface area (Å²) in [7, 11) is 0. The molecule has 0 saturated carbocycles. The number of benzene rings is 1. The molecule has 0 unspecified atom stereocenters. The van der Waals surface area contributed by atoms with E-state index in [1.165, 1.54) is 5.56 Å². The van der Waals surface area contributed by atoms with Gasteiger partial charge in [0.25, 0.3) is 0 Å². The van der Waals surface area contributed by atoms with E-state index in [1.807, 2.05) is 19.9 Å². The highest BCUT2D eigenvalue weighted by atomic mass is 79.9. The summed E-state index contributed by atoms with van der Waals surface area (Å²) in [4.78, 5) is 11.1. The van der Waals surface area contributed by atoms with Crippen molar-refractivity contribution in [3.8, 4) is 5.75 Å². The van der Waals surface area contributed by atoms with Gasteiger partial charge >= 0.3 is 5.97 Å². The third kappa shape index (κ3) is 2.78. The summed E-state index contributed by atoms with van der Waals surface area (Å²) in [5, 5.41) is 19.4. The lowest BCUT2D eigenvalue weighted by molar-refractivity contribution is -0.138. The van der Waals surface area contributed by atoms with Gasteiger partial charge in [0.05, 0.1) is 10.9 Å². The predicted molar refractivity (Wildman–Crippen MR) is 77.7 cm³/mol. The summed E-state index contributed by atoms with van der Waals surface area (Å²) >= 11 is 3.39. The Morgan fingerprint density at radius 2 is 2.00 bits per heavy atom. The Bertz CT molecular complexity index is 521. The summed E-state index contributed by atoms with van der Waals surface area (Å²) in [6, 6.07) is 1.98. The summed E-state index contributed by atoms with van der Waals surface area (Å²) in [5.41, 5.74) is 2.63. The van der Waals surface area contributed by atoms with Crippen LogP contribution in [0.4, 0.5) is 0 Å². The van der Waals surface area contributed by atoms with Gasteiger partial charge in [-0.25, -0.2) is 0 Å².